The molecule has 94 valence electrons. The molecule has 0 bridgehead atoms. The summed E-state index contributed by atoms with van der Waals surface area (Å²) in [5.41, 5.74) is 2.28. The molecular weight excluding hydrogens is 314 g/mol. The molecule has 0 saturated heterocycles. The lowest BCUT2D eigenvalue weighted by Gasteiger charge is -2.09. The average Bonchev–Trinajstić information content (AvgIpc) is 3.10. The molecule has 0 amide bonds. The first kappa shape index (κ1) is 12.1. The molecule has 1 saturated carbocycles. The first-order valence-electron chi connectivity index (χ1n) is 5.93. The number of aromatic nitrogens is 2. The summed E-state index contributed by atoms with van der Waals surface area (Å²) >= 11 is 9.39. The van der Waals surface area contributed by atoms with Gasteiger partial charge in [0.2, 0.25) is 0 Å². The van der Waals surface area contributed by atoms with E-state index in [1.807, 2.05) is 30.7 Å². The molecular formula is C13H13BrClN3. The highest BCUT2D eigenvalue weighted by molar-refractivity contribution is 9.10. The number of halogens is 2. The van der Waals surface area contributed by atoms with Crippen LogP contribution in [0.1, 0.15) is 24.6 Å². The third-order valence-corrected chi connectivity index (χ3v) is 4.29. The molecule has 2 aromatic rings. The number of hydrogen-bond acceptors (Lipinski definition) is 2. The van der Waals surface area contributed by atoms with E-state index in [0.29, 0.717) is 6.04 Å². The minimum absolute atomic E-state index is 0.668. The van der Waals surface area contributed by atoms with Crippen LogP contribution in [0.4, 0.5) is 5.69 Å². The summed E-state index contributed by atoms with van der Waals surface area (Å²) in [4.78, 5) is 4.22. The van der Waals surface area contributed by atoms with Crippen LogP contribution >= 0.6 is 27.5 Å². The largest absolute Gasteiger partial charge is 0.379 e. The zero-order valence-electron chi connectivity index (χ0n) is 9.74. The van der Waals surface area contributed by atoms with Crippen LogP contribution in [0.3, 0.4) is 0 Å². The van der Waals surface area contributed by atoms with Crippen LogP contribution in [0, 0.1) is 0 Å². The fourth-order valence-electron chi connectivity index (χ4n) is 1.95. The summed E-state index contributed by atoms with van der Waals surface area (Å²) in [5, 5.41) is 4.11. The third-order valence-electron chi connectivity index (χ3n) is 3.08. The lowest BCUT2D eigenvalue weighted by Crippen LogP contribution is -2.05. The fourth-order valence-corrected chi connectivity index (χ4v) is 2.45. The van der Waals surface area contributed by atoms with Gasteiger partial charge in [-0.2, -0.15) is 0 Å². The molecule has 1 aromatic heterocycles. The minimum atomic E-state index is 0.668. The Kier molecular flexibility index (Phi) is 3.31. The van der Waals surface area contributed by atoms with Crippen LogP contribution < -0.4 is 5.32 Å². The van der Waals surface area contributed by atoms with Crippen LogP contribution in [0.5, 0.6) is 0 Å². The molecule has 0 atom stereocenters. The standard InChI is InChI=1S/C13H13BrClN3/c14-12-5-9(1-4-13(12)15)17-7-11-6-16-8-18(11)10-2-3-10/h1,4-6,8,10,17H,2-3,7H2. The monoisotopic (exact) mass is 325 g/mol. The van der Waals surface area contributed by atoms with Crippen LogP contribution in [0.25, 0.3) is 0 Å². The van der Waals surface area contributed by atoms with E-state index in [2.05, 4.69) is 30.8 Å². The normalized spacial score (nSPS) is 14.8. The lowest BCUT2D eigenvalue weighted by molar-refractivity contribution is 0.701. The highest BCUT2D eigenvalue weighted by atomic mass is 79.9. The predicted octanol–water partition coefficient (Wildman–Crippen LogP) is 4.25. The minimum Gasteiger partial charge on any atom is -0.379 e. The van der Waals surface area contributed by atoms with Crippen molar-refractivity contribution in [3.63, 3.8) is 0 Å². The molecule has 0 radical (unpaired) electrons. The summed E-state index contributed by atoms with van der Waals surface area (Å²) in [7, 11) is 0. The van der Waals surface area contributed by atoms with E-state index < -0.39 is 0 Å². The summed E-state index contributed by atoms with van der Waals surface area (Å²) in [6, 6.07) is 6.51. The number of nitrogens with one attached hydrogen (secondary N) is 1. The molecule has 0 aliphatic heterocycles. The zero-order valence-corrected chi connectivity index (χ0v) is 12.1. The zero-order chi connectivity index (χ0) is 12.5. The van der Waals surface area contributed by atoms with Gasteiger partial charge in [-0.3, -0.25) is 0 Å². The number of anilines is 1. The Morgan fingerprint density at radius 3 is 3.00 bits per heavy atom. The predicted molar refractivity (Wildman–Crippen MR) is 77.0 cm³/mol. The topological polar surface area (TPSA) is 29.9 Å². The SMILES string of the molecule is Clc1ccc(NCc2cncn2C2CC2)cc1Br. The van der Waals surface area contributed by atoms with Gasteiger partial charge in [0.1, 0.15) is 0 Å². The number of imidazole rings is 1. The Morgan fingerprint density at radius 1 is 1.44 bits per heavy atom. The van der Waals surface area contributed by atoms with Crippen molar-refractivity contribution in [3.8, 4) is 0 Å². The van der Waals surface area contributed by atoms with Crippen molar-refractivity contribution >= 4 is 33.2 Å². The van der Waals surface area contributed by atoms with Crippen LogP contribution in [0.15, 0.2) is 35.2 Å². The van der Waals surface area contributed by atoms with Crippen LogP contribution in [0.2, 0.25) is 5.02 Å². The fraction of sp³-hybridized carbons (Fsp3) is 0.308. The van der Waals surface area contributed by atoms with Gasteiger partial charge in [0.15, 0.2) is 0 Å². The second kappa shape index (κ2) is 4.94. The van der Waals surface area contributed by atoms with E-state index >= 15 is 0 Å². The molecule has 3 nitrogen and oxygen atoms in total. The molecule has 1 N–H and O–H groups in total. The lowest BCUT2D eigenvalue weighted by atomic mass is 10.3. The highest BCUT2D eigenvalue weighted by Gasteiger charge is 2.24. The van der Waals surface area contributed by atoms with E-state index in [1.54, 1.807) is 0 Å². The van der Waals surface area contributed by atoms with Crippen molar-refractivity contribution < 1.29 is 0 Å². The first-order chi connectivity index (χ1) is 8.74. The van der Waals surface area contributed by atoms with E-state index in [0.717, 1.165) is 21.7 Å². The van der Waals surface area contributed by atoms with Crippen molar-refractivity contribution in [3.05, 3.63) is 45.9 Å². The summed E-state index contributed by atoms with van der Waals surface area (Å²) in [6.07, 6.45) is 6.40. The van der Waals surface area contributed by atoms with E-state index in [1.165, 1.54) is 18.5 Å². The maximum Gasteiger partial charge on any atom is 0.0951 e. The summed E-state index contributed by atoms with van der Waals surface area (Å²) in [6.45, 7) is 0.782. The molecule has 0 spiro atoms. The van der Waals surface area contributed by atoms with Crippen molar-refractivity contribution in [1.29, 1.82) is 0 Å². The Balaban J connectivity index is 1.69. The molecule has 3 rings (SSSR count). The van der Waals surface area contributed by atoms with Gasteiger partial charge in [-0.15, -0.1) is 0 Å². The molecule has 1 aromatic carbocycles. The van der Waals surface area contributed by atoms with E-state index in [9.17, 15) is 0 Å². The maximum atomic E-state index is 5.97. The first-order valence-corrected chi connectivity index (χ1v) is 7.11. The number of benzene rings is 1. The Labute approximate surface area is 119 Å². The van der Waals surface area contributed by atoms with Gasteiger partial charge in [0.25, 0.3) is 0 Å². The van der Waals surface area contributed by atoms with Gasteiger partial charge in [-0.1, -0.05) is 11.6 Å². The van der Waals surface area contributed by atoms with Gasteiger partial charge in [-0.05, 0) is 47.0 Å². The van der Waals surface area contributed by atoms with Crippen molar-refractivity contribution in [2.75, 3.05) is 5.32 Å². The van der Waals surface area contributed by atoms with Gasteiger partial charge < -0.3 is 9.88 Å². The summed E-state index contributed by atoms with van der Waals surface area (Å²) in [5.74, 6) is 0. The van der Waals surface area contributed by atoms with E-state index in [-0.39, 0.29) is 0 Å². The second-order valence-electron chi connectivity index (χ2n) is 4.51. The van der Waals surface area contributed by atoms with Crippen molar-refractivity contribution in [2.24, 2.45) is 0 Å². The smallest absolute Gasteiger partial charge is 0.0951 e. The molecule has 1 aliphatic rings. The maximum absolute atomic E-state index is 5.97. The Morgan fingerprint density at radius 2 is 2.28 bits per heavy atom. The Bertz CT molecular complexity index is 563. The second-order valence-corrected chi connectivity index (χ2v) is 5.77. The molecule has 18 heavy (non-hydrogen) atoms. The molecule has 1 heterocycles. The molecule has 5 heteroatoms. The number of nitrogens with zero attached hydrogens (tertiary/aromatic N) is 2. The number of rotatable bonds is 4. The summed E-state index contributed by atoms with van der Waals surface area (Å²) < 4.78 is 3.17. The number of hydrogen-bond donors (Lipinski definition) is 1. The highest BCUT2D eigenvalue weighted by Crippen LogP contribution is 2.35. The molecule has 0 unspecified atom stereocenters. The van der Waals surface area contributed by atoms with Crippen molar-refractivity contribution in [2.45, 2.75) is 25.4 Å². The third kappa shape index (κ3) is 2.54. The van der Waals surface area contributed by atoms with Gasteiger partial charge >= 0.3 is 0 Å². The van der Waals surface area contributed by atoms with E-state index in [4.69, 9.17) is 11.6 Å². The van der Waals surface area contributed by atoms with Crippen LogP contribution in [-0.4, -0.2) is 9.55 Å². The van der Waals surface area contributed by atoms with Crippen molar-refractivity contribution in [1.82, 2.24) is 9.55 Å². The molecule has 1 fully saturated rings. The van der Waals surface area contributed by atoms with Crippen LogP contribution in [-0.2, 0) is 6.54 Å². The quantitative estimate of drug-likeness (QED) is 0.910. The Hall–Kier alpha value is -1.00. The van der Waals surface area contributed by atoms with Gasteiger partial charge in [-0.25, -0.2) is 4.98 Å². The van der Waals surface area contributed by atoms with Gasteiger partial charge in [0, 0.05) is 22.4 Å². The van der Waals surface area contributed by atoms with Gasteiger partial charge in [0.05, 0.1) is 23.6 Å². The molecule has 1 aliphatic carbocycles. The average molecular weight is 327 g/mol.